The number of alkyl halides is 3. The molecule has 0 radical (unpaired) electrons. The molecule has 118 valence electrons. The molecule has 0 spiro atoms. The molecule has 0 saturated heterocycles. The van der Waals surface area contributed by atoms with Crippen LogP contribution in [0.25, 0.3) is 0 Å². The number of carbonyl (C=O) groups excluding carboxylic acids is 1. The zero-order valence-corrected chi connectivity index (χ0v) is 12.2. The van der Waals surface area contributed by atoms with Gasteiger partial charge in [-0.25, -0.2) is 0 Å². The van der Waals surface area contributed by atoms with Crippen molar-refractivity contribution in [2.45, 2.75) is 26.1 Å². The quantitative estimate of drug-likeness (QED) is 0.869. The first-order chi connectivity index (χ1) is 9.55. The van der Waals surface area contributed by atoms with Crippen molar-refractivity contribution in [1.82, 2.24) is 0 Å². The van der Waals surface area contributed by atoms with E-state index in [1.54, 1.807) is 13.8 Å². The van der Waals surface area contributed by atoms with Crippen molar-refractivity contribution in [2.75, 3.05) is 14.2 Å². The van der Waals surface area contributed by atoms with Crippen LogP contribution in [0.3, 0.4) is 0 Å². The molecule has 0 aromatic heterocycles. The van der Waals surface area contributed by atoms with Crippen molar-refractivity contribution in [3.63, 3.8) is 0 Å². The number of rotatable bonds is 4. The van der Waals surface area contributed by atoms with E-state index in [1.807, 2.05) is 0 Å². The van der Waals surface area contributed by atoms with Gasteiger partial charge in [0.05, 0.1) is 25.2 Å². The highest BCUT2D eigenvalue weighted by Crippen LogP contribution is 2.39. The summed E-state index contributed by atoms with van der Waals surface area (Å²) in [4.78, 5) is 11.8. The Kier molecular flexibility index (Phi) is 4.88. The average molecular weight is 305 g/mol. The summed E-state index contributed by atoms with van der Waals surface area (Å²) < 4.78 is 47.7. The number of nitrogens with two attached hydrogens (primary N) is 1. The van der Waals surface area contributed by atoms with Crippen LogP contribution in [0.4, 0.5) is 13.2 Å². The van der Waals surface area contributed by atoms with E-state index in [1.165, 1.54) is 20.3 Å². The highest BCUT2D eigenvalue weighted by Gasteiger charge is 2.39. The number of methoxy groups -OCH3 is 2. The Morgan fingerprint density at radius 1 is 1.24 bits per heavy atom. The van der Waals surface area contributed by atoms with Gasteiger partial charge in [-0.3, -0.25) is 4.79 Å². The summed E-state index contributed by atoms with van der Waals surface area (Å²) >= 11 is 0. The number of benzene rings is 1. The zero-order valence-electron chi connectivity index (χ0n) is 12.2. The molecular weight excluding hydrogens is 287 g/mol. The predicted molar refractivity (Wildman–Crippen MR) is 70.7 cm³/mol. The van der Waals surface area contributed by atoms with E-state index in [4.69, 9.17) is 10.5 Å². The molecule has 1 aromatic rings. The van der Waals surface area contributed by atoms with Gasteiger partial charge in [-0.05, 0) is 26.0 Å². The molecule has 0 heterocycles. The molecule has 1 rings (SSSR count). The lowest BCUT2D eigenvalue weighted by Crippen LogP contribution is -2.37. The maximum atomic E-state index is 12.7. The summed E-state index contributed by atoms with van der Waals surface area (Å²) in [6, 6.07) is 2.12. The van der Waals surface area contributed by atoms with E-state index < -0.39 is 29.2 Å². The van der Waals surface area contributed by atoms with Gasteiger partial charge >= 0.3 is 12.1 Å². The first-order valence-corrected chi connectivity index (χ1v) is 6.14. The van der Waals surface area contributed by atoms with Crippen LogP contribution in [0.1, 0.15) is 31.0 Å². The van der Waals surface area contributed by atoms with Crippen LogP contribution < -0.4 is 10.5 Å². The molecule has 0 aliphatic heterocycles. The summed E-state index contributed by atoms with van der Waals surface area (Å²) in [6.07, 6.45) is -4.48. The molecule has 0 aliphatic rings. The van der Waals surface area contributed by atoms with E-state index in [2.05, 4.69) is 4.74 Å². The van der Waals surface area contributed by atoms with E-state index in [0.717, 1.165) is 12.1 Å². The molecule has 0 fully saturated rings. The van der Waals surface area contributed by atoms with Gasteiger partial charge < -0.3 is 15.2 Å². The van der Waals surface area contributed by atoms with Gasteiger partial charge in [0.25, 0.3) is 0 Å². The van der Waals surface area contributed by atoms with Gasteiger partial charge in [-0.15, -0.1) is 0 Å². The van der Waals surface area contributed by atoms with E-state index >= 15 is 0 Å². The molecule has 0 aliphatic carbocycles. The van der Waals surface area contributed by atoms with Crippen LogP contribution in [0.15, 0.2) is 18.2 Å². The van der Waals surface area contributed by atoms with Crippen LogP contribution in [-0.2, 0) is 15.7 Å². The molecule has 21 heavy (non-hydrogen) atoms. The van der Waals surface area contributed by atoms with Crippen LogP contribution in [0.5, 0.6) is 5.75 Å². The minimum atomic E-state index is -4.48. The Balaban J connectivity index is 3.28. The molecule has 0 saturated carbocycles. The number of hydrogen-bond acceptors (Lipinski definition) is 4. The smallest absolute Gasteiger partial charge is 0.416 e. The van der Waals surface area contributed by atoms with Crippen molar-refractivity contribution in [1.29, 1.82) is 0 Å². The molecule has 1 aromatic carbocycles. The van der Waals surface area contributed by atoms with Crippen molar-refractivity contribution in [3.05, 3.63) is 29.3 Å². The standard InChI is InChI=1S/C14H18F3NO3/c1-13(2,12(19)21-4)11(18)9-6-5-8(14(15,16)17)7-10(9)20-3/h5-7,11H,18H2,1-4H3/t11-/m0/s1. The zero-order chi connectivity index (χ0) is 16.4. The lowest BCUT2D eigenvalue weighted by molar-refractivity contribution is -0.152. The fourth-order valence-electron chi connectivity index (χ4n) is 1.92. The molecule has 2 N–H and O–H groups in total. The van der Waals surface area contributed by atoms with E-state index in [-0.39, 0.29) is 5.75 Å². The summed E-state index contributed by atoms with van der Waals surface area (Å²) in [5, 5.41) is 0. The lowest BCUT2D eigenvalue weighted by atomic mass is 9.80. The molecule has 0 bridgehead atoms. The summed E-state index contributed by atoms with van der Waals surface area (Å²) in [6.45, 7) is 3.11. The Morgan fingerprint density at radius 3 is 2.24 bits per heavy atom. The highest BCUT2D eigenvalue weighted by molar-refractivity contribution is 5.77. The molecule has 0 unspecified atom stereocenters. The lowest BCUT2D eigenvalue weighted by Gasteiger charge is -2.30. The van der Waals surface area contributed by atoms with Gasteiger partial charge in [0, 0.05) is 11.6 Å². The van der Waals surface area contributed by atoms with Gasteiger partial charge in [0.15, 0.2) is 0 Å². The predicted octanol–water partition coefficient (Wildman–Crippen LogP) is 2.91. The highest BCUT2D eigenvalue weighted by atomic mass is 19.4. The third kappa shape index (κ3) is 3.47. The number of ether oxygens (including phenoxy) is 2. The second kappa shape index (κ2) is 5.93. The van der Waals surface area contributed by atoms with E-state index in [9.17, 15) is 18.0 Å². The van der Waals surface area contributed by atoms with Crippen molar-refractivity contribution < 1.29 is 27.4 Å². The second-order valence-corrected chi connectivity index (χ2v) is 5.15. The molecule has 1 atom stereocenters. The molecule has 0 amide bonds. The van der Waals surface area contributed by atoms with Gasteiger partial charge in [0.1, 0.15) is 5.75 Å². The number of hydrogen-bond donors (Lipinski definition) is 1. The monoisotopic (exact) mass is 305 g/mol. The van der Waals surface area contributed by atoms with Crippen molar-refractivity contribution in [2.24, 2.45) is 11.1 Å². The molecule has 7 heteroatoms. The molecular formula is C14H18F3NO3. The fraction of sp³-hybridized carbons (Fsp3) is 0.500. The Bertz CT molecular complexity index is 527. The van der Waals surface area contributed by atoms with Crippen LogP contribution in [0.2, 0.25) is 0 Å². The first-order valence-electron chi connectivity index (χ1n) is 6.14. The minimum absolute atomic E-state index is 0.0192. The SMILES string of the molecule is COC(=O)C(C)(C)[C@@H](N)c1ccc(C(F)(F)F)cc1OC. The van der Waals surface area contributed by atoms with Gasteiger partial charge in [-0.1, -0.05) is 6.07 Å². The second-order valence-electron chi connectivity index (χ2n) is 5.15. The summed E-state index contributed by atoms with van der Waals surface area (Å²) in [5.74, 6) is -0.578. The normalized spacial score (nSPS) is 13.7. The van der Waals surface area contributed by atoms with Gasteiger partial charge in [-0.2, -0.15) is 13.2 Å². The first kappa shape index (κ1) is 17.3. The number of halogens is 3. The summed E-state index contributed by atoms with van der Waals surface area (Å²) in [5.41, 5.74) is 4.38. The third-order valence-corrected chi connectivity index (χ3v) is 3.38. The Hall–Kier alpha value is -1.76. The van der Waals surface area contributed by atoms with Crippen molar-refractivity contribution >= 4 is 5.97 Å². The maximum Gasteiger partial charge on any atom is 0.416 e. The van der Waals surface area contributed by atoms with Crippen LogP contribution in [0, 0.1) is 5.41 Å². The topological polar surface area (TPSA) is 61.5 Å². The molecule has 4 nitrogen and oxygen atoms in total. The largest absolute Gasteiger partial charge is 0.496 e. The number of carbonyl (C=O) groups is 1. The maximum absolute atomic E-state index is 12.7. The Morgan fingerprint density at radius 2 is 1.81 bits per heavy atom. The van der Waals surface area contributed by atoms with Crippen LogP contribution in [-0.4, -0.2) is 20.2 Å². The fourth-order valence-corrected chi connectivity index (χ4v) is 1.92. The van der Waals surface area contributed by atoms with Crippen LogP contribution >= 0.6 is 0 Å². The third-order valence-electron chi connectivity index (χ3n) is 3.38. The number of esters is 1. The summed E-state index contributed by atoms with van der Waals surface area (Å²) in [7, 11) is 2.47. The minimum Gasteiger partial charge on any atom is -0.496 e. The van der Waals surface area contributed by atoms with Gasteiger partial charge in [0.2, 0.25) is 0 Å². The van der Waals surface area contributed by atoms with E-state index in [0.29, 0.717) is 5.56 Å². The Labute approximate surface area is 121 Å². The average Bonchev–Trinajstić information content (AvgIpc) is 2.43. The van der Waals surface area contributed by atoms with Crippen molar-refractivity contribution in [3.8, 4) is 5.75 Å².